The standard InChI is InChI=1S/C8H9N3OS/c1-6-2-3-13-7(6)4-9-8-11-10-5-12-8/h2-3,5H,4H2,1H3,(H,9,11). The van der Waals surface area contributed by atoms with Crippen molar-refractivity contribution in [3.8, 4) is 0 Å². The minimum Gasteiger partial charge on any atom is -0.411 e. The van der Waals surface area contributed by atoms with E-state index < -0.39 is 0 Å². The molecule has 0 aliphatic carbocycles. The maximum atomic E-state index is 4.94. The molecule has 1 N–H and O–H groups in total. The van der Waals surface area contributed by atoms with Crippen LogP contribution in [-0.2, 0) is 6.54 Å². The molecule has 0 aliphatic heterocycles. The molecule has 0 saturated heterocycles. The van der Waals surface area contributed by atoms with E-state index in [0.717, 1.165) is 6.54 Å². The molecule has 0 aliphatic rings. The van der Waals surface area contributed by atoms with E-state index in [0.29, 0.717) is 6.01 Å². The average Bonchev–Trinajstić information content (AvgIpc) is 2.72. The Hall–Kier alpha value is -1.36. The van der Waals surface area contributed by atoms with Gasteiger partial charge in [-0.3, -0.25) is 0 Å². The summed E-state index contributed by atoms with van der Waals surface area (Å²) in [6.45, 7) is 2.83. The van der Waals surface area contributed by atoms with Crippen LogP contribution in [0.15, 0.2) is 22.3 Å². The minimum atomic E-state index is 0.466. The zero-order chi connectivity index (χ0) is 9.10. The van der Waals surface area contributed by atoms with Crippen molar-refractivity contribution in [3.63, 3.8) is 0 Å². The maximum absolute atomic E-state index is 4.94. The lowest BCUT2D eigenvalue weighted by Gasteiger charge is -1.98. The summed E-state index contributed by atoms with van der Waals surface area (Å²) in [7, 11) is 0. The third-order valence-corrected chi connectivity index (χ3v) is 2.75. The fraction of sp³-hybridized carbons (Fsp3) is 0.250. The number of hydrogen-bond acceptors (Lipinski definition) is 5. The van der Waals surface area contributed by atoms with E-state index in [2.05, 4.69) is 33.9 Å². The number of hydrogen-bond donors (Lipinski definition) is 1. The van der Waals surface area contributed by atoms with Gasteiger partial charge in [0.2, 0.25) is 6.39 Å². The van der Waals surface area contributed by atoms with Crippen molar-refractivity contribution in [1.82, 2.24) is 10.2 Å². The molecule has 0 unspecified atom stereocenters. The molecule has 4 nitrogen and oxygen atoms in total. The molecule has 5 heteroatoms. The van der Waals surface area contributed by atoms with Crippen molar-refractivity contribution in [3.05, 3.63) is 28.3 Å². The molecule has 0 fully saturated rings. The first-order valence-corrected chi connectivity index (χ1v) is 4.77. The Morgan fingerprint density at radius 1 is 1.62 bits per heavy atom. The number of aryl methyl sites for hydroxylation is 1. The number of rotatable bonds is 3. The van der Waals surface area contributed by atoms with Crippen molar-refractivity contribution in [2.75, 3.05) is 5.32 Å². The molecule has 13 heavy (non-hydrogen) atoms. The monoisotopic (exact) mass is 195 g/mol. The van der Waals surface area contributed by atoms with Crippen molar-refractivity contribution in [2.45, 2.75) is 13.5 Å². The molecule has 2 aromatic heterocycles. The topological polar surface area (TPSA) is 51.0 Å². The van der Waals surface area contributed by atoms with E-state index in [9.17, 15) is 0 Å². The van der Waals surface area contributed by atoms with E-state index in [1.807, 2.05) is 0 Å². The van der Waals surface area contributed by atoms with Crippen LogP contribution in [0.4, 0.5) is 6.01 Å². The summed E-state index contributed by atoms with van der Waals surface area (Å²) < 4.78 is 4.94. The third-order valence-electron chi connectivity index (χ3n) is 1.73. The smallest absolute Gasteiger partial charge is 0.315 e. The van der Waals surface area contributed by atoms with Gasteiger partial charge in [-0.05, 0) is 23.9 Å². The quantitative estimate of drug-likeness (QED) is 0.814. The van der Waals surface area contributed by atoms with Crippen molar-refractivity contribution >= 4 is 17.4 Å². The Morgan fingerprint density at radius 2 is 2.54 bits per heavy atom. The predicted octanol–water partition coefficient (Wildman–Crippen LogP) is 2.05. The van der Waals surface area contributed by atoms with Gasteiger partial charge < -0.3 is 9.73 Å². The van der Waals surface area contributed by atoms with Gasteiger partial charge in [0.15, 0.2) is 0 Å². The fourth-order valence-corrected chi connectivity index (χ4v) is 1.84. The summed E-state index contributed by atoms with van der Waals surface area (Å²) in [5.74, 6) is 0. The van der Waals surface area contributed by atoms with Crippen LogP contribution in [-0.4, -0.2) is 10.2 Å². The van der Waals surface area contributed by atoms with Gasteiger partial charge in [0.05, 0.1) is 6.54 Å². The van der Waals surface area contributed by atoms with E-state index in [1.165, 1.54) is 16.8 Å². The van der Waals surface area contributed by atoms with Crippen LogP contribution < -0.4 is 5.32 Å². The second-order valence-electron chi connectivity index (χ2n) is 2.62. The Morgan fingerprint density at radius 3 is 3.15 bits per heavy atom. The minimum absolute atomic E-state index is 0.466. The van der Waals surface area contributed by atoms with Crippen LogP contribution in [0, 0.1) is 6.92 Å². The predicted molar refractivity (Wildman–Crippen MR) is 50.7 cm³/mol. The van der Waals surface area contributed by atoms with Crippen molar-refractivity contribution < 1.29 is 4.42 Å². The van der Waals surface area contributed by atoms with Gasteiger partial charge >= 0.3 is 6.01 Å². The molecule has 0 radical (unpaired) electrons. The maximum Gasteiger partial charge on any atom is 0.315 e. The summed E-state index contributed by atoms with van der Waals surface area (Å²) in [4.78, 5) is 1.29. The van der Waals surface area contributed by atoms with Gasteiger partial charge in [0.1, 0.15) is 0 Å². The number of aromatic nitrogens is 2. The molecule has 2 heterocycles. The van der Waals surface area contributed by atoms with Crippen LogP contribution in [0.1, 0.15) is 10.4 Å². The summed E-state index contributed by atoms with van der Waals surface area (Å²) in [5, 5.41) is 12.4. The molecule has 2 aromatic rings. The Kier molecular flexibility index (Phi) is 2.27. The molecular formula is C8H9N3OS. The first-order chi connectivity index (χ1) is 6.36. The lowest BCUT2D eigenvalue weighted by molar-refractivity contribution is 0.565. The van der Waals surface area contributed by atoms with Gasteiger partial charge in [0, 0.05) is 4.88 Å². The van der Waals surface area contributed by atoms with Gasteiger partial charge in [0.25, 0.3) is 0 Å². The highest BCUT2D eigenvalue weighted by molar-refractivity contribution is 7.10. The van der Waals surface area contributed by atoms with E-state index >= 15 is 0 Å². The lowest BCUT2D eigenvalue weighted by Crippen LogP contribution is -1.98. The molecule has 0 atom stereocenters. The number of anilines is 1. The zero-order valence-electron chi connectivity index (χ0n) is 7.15. The van der Waals surface area contributed by atoms with Gasteiger partial charge in [-0.1, -0.05) is 5.10 Å². The van der Waals surface area contributed by atoms with Crippen LogP contribution >= 0.6 is 11.3 Å². The summed E-state index contributed by atoms with van der Waals surface area (Å²) in [6, 6.07) is 2.56. The fourth-order valence-electron chi connectivity index (χ4n) is 0.991. The molecule has 68 valence electrons. The highest BCUT2D eigenvalue weighted by Gasteiger charge is 2.01. The van der Waals surface area contributed by atoms with Crippen molar-refractivity contribution in [2.24, 2.45) is 0 Å². The second kappa shape index (κ2) is 3.57. The molecule has 0 amide bonds. The summed E-state index contributed by atoms with van der Waals surface area (Å²) in [5.41, 5.74) is 1.29. The highest BCUT2D eigenvalue weighted by Crippen LogP contribution is 2.16. The number of nitrogens with zero attached hydrogens (tertiary/aromatic N) is 2. The van der Waals surface area contributed by atoms with Crippen LogP contribution in [0.2, 0.25) is 0 Å². The lowest BCUT2D eigenvalue weighted by atomic mass is 10.3. The molecule has 2 rings (SSSR count). The first-order valence-electron chi connectivity index (χ1n) is 3.89. The molecule has 0 bridgehead atoms. The number of nitrogens with one attached hydrogen (secondary N) is 1. The summed E-state index contributed by atoms with van der Waals surface area (Å²) >= 11 is 1.72. The van der Waals surface area contributed by atoms with E-state index in [-0.39, 0.29) is 0 Å². The molecule has 0 spiro atoms. The summed E-state index contributed by atoms with van der Waals surface area (Å²) in [6.07, 6.45) is 1.31. The normalized spacial score (nSPS) is 10.2. The molecular weight excluding hydrogens is 186 g/mol. The average molecular weight is 195 g/mol. The second-order valence-corrected chi connectivity index (χ2v) is 3.62. The van der Waals surface area contributed by atoms with Gasteiger partial charge in [-0.2, -0.15) is 0 Å². The first kappa shape index (κ1) is 8.25. The van der Waals surface area contributed by atoms with Crippen LogP contribution in [0.25, 0.3) is 0 Å². The Bertz CT molecular complexity index is 368. The third kappa shape index (κ3) is 1.86. The highest BCUT2D eigenvalue weighted by atomic mass is 32.1. The van der Waals surface area contributed by atoms with E-state index in [1.54, 1.807) is 11.3 Å². The SMILES string of the molecule is Cc1ccsc1CNc1nnco1. The van der Waals surface area contributed by atoms with Crippen LogP contribution in [0.5, 0.6) is 0 Å². The van der Waals surface area contributed by atoms with Crippen LogP contribution in [0.3, 0.4) is 0 Å². The van der Waals surface area contributed by atoms with Gasteiger partial charge in [-0.25, -0.2) is 0 Å². The van der Waals surface area contributed by atoms with Gasteiger partial charge in [-0.15, -0.1) is 16.4 Å². The number of thiophene rings is 1. The van der Waals surface area contributed by atoms with Crippen molar-refractivity contribution in [1.29, 1.82) is 0 Å². The van der Waals surface area contributed by atoms with E-state index in [4.69, 9.17) is 4.42 Å². The molecule has 0 saturated carbocycles. The Labute approximate surface area is 79.6 Å². The zero-order valence-corrected chi connectivity index (χ0v) is 7.97. The molecule has 0 aromatic carbocycles. The largest absolute Gasteiger partial charge is 0.411 e. The Balaban J connectivity index is 1.97.